The van der Waals surface area contributed by atoms with Gasteiger partial charge in [0.25, 0.3) is 0 Å². The zero-order valence-electron chi connectivity index (χ0n) is 15.0. The van der Waals surface area contributed by atoms with E-state index in [4.69, 9.17) is 4.42 Å². The number of nitrogens with zero attached hydrogens (tertiary/aromatic N) is 1. The van der Waals surface area contributed by atoms with Gasteiger partial charge in [-0.15, -0.1) is 0 Å². The molecule has 0 radical (unpaired) electrons. The van der Waals surface area contributed by atoms with Crippen LogP contribution < -0.4 is 0 Å². The molecule has 2 nitrogen and oxygen atoms in total. The molecule has 0 aliphatic rings. The molecule has 128 valence electrons. The van der Waals surface area contributed by atoms with Gasteiger partial charge in [0.15, 0.2) is 6.39 Å². The molecule has 1 aromatic rings. The molecule has 2 heteroatoms. The minimum absolute atomic E-state index is 0.575. The van der Waals surface area contributed by atoms with Gasteiger partial charge < -0.3 is 4.42 Å². The molecule has 1 atom stereocenters. The van der Waals surface area contributed by atoms with Gasteiger partial charge in [0, 0.05) is 5.92 Å². The molecule has 1 aromatic heterocycles. The third-order valence-electron chi connectivity index (χ3n) is 4.75. The van der Waals surface area contributed by atoms with E-state index in [0.29, 0.717) is 5.92 Å². The number of oxazole rings is 1. The Labute approximate surface area is 138 Å². The van der Waals surface area contributed by atoms with Crippen LogP contribution in [0.4, 0.5) is 0 Å². The summed E-state index contributed by atoms with van der Waals surface area (Å²) in [4.78, 5) is 4.03. The van der Waals surface area contributed by atoms with Crippen LogP contribution in [-0.2, 0) is 0 Å². The van der Waals surface area contributed by atoms with Gasteiger partial charge in [0.1, 0.15) is 5.76 Å². The van der Waals surface area contributed by atoms with Crippen LogP contribution in [0.2, 0.25) is 0 Å². The van der Waals surface area contributed by atoms with E-state index in [2.05, 4.69) is 18.8 Å². The molecule has 1 heterocycles. The van der Waals surface area contributed by atoms with Crippen LogP contribution in [0.1, 0.15) is 115 Å². The van der Waals surface area contributed by atoms with Gasteiger partial charge >= 0.3 is 0 Å². The van der Waals surface area contributed by atoms with Crippen molar-refractivity contribution in [1.29, 1.82) is 0 Å². The van der Waals surface area contributed by atoms with Crippen molar-refractivity contribution in [3.63, 3.8) is 0 Å². The molecule has 1 rings (SSSR count). The number of rotatable bonds is 15. The first-order valence-electron chi connectivity index (χ1n) is 9.76. The molecule has 0 saturated carbocycles. The molecular formula is C20H37NO. The second-order valence-electron chi connectivity index (χ2n) is 6.69. The van der Waals surface area contributed by atoms with Crippen LogP contribution in [-0.4, -0.2) is 4.98 Å². The maximum atomic E-state index is 5.43. The summed E-state index contributed by atoms with van der Waals surface area (Å²) in [6.45, 7) is 4.53. The third-order valence-corrected chi connectivity index (χ3v) is 4.75. The average molecular weight is 308 g/mol. The minimum Gasteiger partial charge on any atom is -0.448 e. The van der Waals surface area contributed by atoms with Crippen LogP contribution in [0.5, 0.6) is 0 Å². The molecular weight excluding hydrogens is 270 g/mol. The molecule has 22 heavy (non-hydrogen) atoms. The number of aromatic nitrogens is 1. The average Bonchev–Trinajstić information content (AvgIpc) is 3.06. The molecule has 0 amide bonds. The van der Waals surface area contributed by atoms with E-state index in [1.807, 2.05) is 6.20 Å². The van der Waals surface area contributed by atoms with Crippen LogP contribution in [0.3, 0.4) is 0 Å². The molecule has 0 fully saturated rings. The largest absolute Gasteiger partial charge is 0.448 e. The topological polar surface area (TPSA) is 26.0 Å². The summed E-state index contributed by atoms with van der Waals surface area (Å²) in [6.07, 6.45) is 22.9. The number of hydrogen-bond acceptors (Lipinski definition) is 2. The van der Waals surface area contributed by atoms with Gasteiger partial charge in [-0.1, -0.05) is 90.9 Å². The summed E-state index contributed by atoms with van der Waals surface area (Å²) < 4.78 is 5.43. The summed E-state index contributed by atoms with van der Waals surface area (Å²) in [5.74, 6) is 1.65. The van der Waals surface area contributed by atoms with Crippen LogP contribution in [0, 0.1) is 0 Å². The fourth-order valence-corrected chi connectivity index (χ4v) is 3.21. The molecule has 0 aromatic carbocycles. The molecule has 1 unspecified atom stereocenters. The highest BCUT2D eigenvalue weighted by atomic mass is 16.3. The standard InChI is InChI=1S/C20H37NO/c1-3-5-6-7-8-9-10-11-12-13-14-15-16-19(4-2)20-17-21-18-22-20/h17-19H,3-16H2,1-2H3. The Bertz CT molecular complexity index is 320. The zero-order chi connectivity index (χ0) is 15.9. The monoisotopic (exact) mass is 307 g/mol. The maximum absolute atomic E-state index is 5.43. The predicted molar refractivity (Wildman–Crippen MR) is 95.2 cm³/mol. The quantitative estimate of drug-likeness (QED) is 0.319. The molecule has 0 aliphatic heterocycles. The Morgan fingerprint density at radius 3 is 1.82 bits per heavy atom. The second kappa shape index (κ2) is 13.8. The lowest BCUT2D eigenvalue weighted by Gasteiger charge is -2.11. The van der Waals surface area contributed by atoms with Gasteiger partial charge in [0.05, 0.1) is 6.20 Å². The van der Waals surface area contributed by atoms with Gasteiger partial charge in [-0.05, 0) is 12.8 Å². The van der Waals surface area contributed by atoms with Crippen molar-refractivity contribution in [1.82, 2.24) is 4.98 Å². The van der Waals surface area contributed by atoms with Crippen molar-refractivity contribution in [3.05, 3.63) is 18.4 Å². The Hall–Kier alpha value is -0.790. The van der Waals surface area contributed by atoms with Gasteiger partial charge in [-0.2, -0.15) is 0 Å². The van der Waals surface area contributed by atoms with E-state index >= 15 is 0 Å². The summed E-state index contributed by atoms with van der Waals surface area (Å²) in [6, 6.07) is 0. The number of hydrogen-bond donors (Lipinski definition) is 0. The first kappa shape index (κ1) is 19.3. The smallest absolute Gasteiger partial charge is 0.180 e. The highest BCUT2D eigenvalue weighted by molar-refractivity contribution is 4.97. The van der Waals surface area contributed by atoms with Gasteiger partial charge in [-0.25, -0.2) is 4.98 Å². The van der Waals surface area contributed by atoms with E-state index in [9.17, 15) is 0 Å². The summed E-state index contributed by atoms with van der Waals surface area (Å²) in [5, 5.41) is 0. The van der Waals surface area contributed by atoms with E-state index < -0.39 is 0 Å². The maximum Gasteiger partial charge on any atom is 0.180 e. The highest BCUT2D eigenvalue weighted by Crippen LogP contribution is 2.25. The van der Waals surface area contributed by atoms with E-state index in [0.717, 1.165) is 12.2 Å². The third kappa shape index (κ3) is 9.27. The van der Waals surface area contributed by atoms with Crippen molar-refractivity contribution < 1.29 is 4.42 Å². The summed E-state index contributed by atoms with van der Waals surface area (Å²) in [5.41, 5.74) is 0. The molecule has 0 saturated heterocycles. The molecule has 0 N–H and O–H groups in total. The zero-order valence-corrected chi connectivity index (χ0v) is 15.0. The van der Waals surface area contributed by atoms with Crippen LogP contribution >= 0.6 is 0 Å². The van der Waals surface area contributed by atoms with Crippen molar-refractivity contribution in [2.45, 2.75) is 110 Å². The fourth-order valence-electron chi connectivity index (χ4n) is 3.21. The van der Waals surface area contributed by atoms with E-state index in [-0.39, 0.29) is 0 Å². The minimum atomic E-state index is 0.575. The second-order valence-corrected chi connectivity index (χ2v) is 6.69. The SMILES string of the molecule is CCCCCCCCCCCCCCC(CC)c1cnco1. The van der Waals surface area contributed by atoms with Crippen molar-refractivity contribution in [3.8, 4) is 0 Å². The van der Waals surface area contributed by atoms with Gasteiger partial charge in [0.2, 0.25) is 0 Å². The molecule has 0 aliphatic carbocycles. The van der Waals surface area contributed by atoms with E-state index in [1.54, 1.807) is 6.39 Å². The Balaban J connectivity index is 1.85. The van der Waals surface area contributed by atoms with E-state index in [1.165, 1.54) is 83.5 Å². The molecule has 0 spiro atoms. The van der Waals surface area contributed by atoms with Crippen molar-refractivity contribution >= 4 is 0 Å². The fraction of sp³-hybridized carbons (Fsp3) is 0.850. The Kier molecular flexibility index (Phi) is 12.1. The predicted octanol–water partition coefficient (Wildman–Crippen LogP) is 7.26. The molecule has 0 bridgehead atoms. The first-order valence-corrected chi connectivity index (χ1v) is 9.76. The summed E-state index contributed by atoms with van der Waals surface area (Å²) in [7, 11) is 0. The highest BCUT2D eigenvalue weighted by Gasteiger charge is 2.11. The van der Waals surface area contributed by atoms with Gasteiger partial charge in [-0.3, -0.25) is 0 Å². The lowest BCUT2D eigenvalue weighted by molar-refractivity contribution is 0.423. The lowest BCUT2D eigenvalue weighted by atomic mass is 9.96. The van der Waals surface area contributed by atoms with Crippen molar-refractivity contribution in [2.24, 2.45) is 0 Å². The normalized spacial score (nSPS) is 12.6. The van der Waals surface area contributed by atoms with Crippen LogP contribution in [0.25, 0.3) is 0 Å². The van der Waals surface area contributed by atoms with Crippen molar-refractivity contribution in [2.75, 3.05) is 0 Å². The Morgan fingerprint density at radius 2 is 1.36 bits per heavy atom. The number of unbranched alkanes of at least 4 members (excludes halogenated alkanes) is 11. The van der Waals surface area contributed by atoms with Crippen LogP contribution in [0.15, 0.2) is 17.0 Å². The Morgan fingerprint density at radius 1 is 0.818 bits per heavy atom. The first-order chi connectivity index (χ1) is 10.9. The lowest BCUT2D eigenvalue weighted by Crippen LogP contribution is -1.95. The summed E-state index contributed by atoms with van der Waals surface area (Å²) >= 11 is 0.